The van der Waals surface area contributed by atoms with Gasteiger partial charge in [0.2, 0.25) is 29.5 Å². The van der Waals surface area contributed by atoms with E-state index < -0.39 is 77.9 Å². The molecule has 2 heterocycles. The van der Waals surface area contributed by atoms with Gasteiger partial charge >= 0.3 is 5.97 Å². The van der Waals surface area contributed by atoms with Gasteiger partial charge in [0, 0.05) is 54.2 Å². The number of halogens is 2. The van der Waals surface area contributed by atoms with Gasteiger partial charge in [-0.3, -0.25) is 38.5 Å². The molecule has 17 nitrogen and oxygen atoms in total. The number of aliphatic carboxylic acids is 1. The molecule has 2 aliphatic heterocycles. The van der Waals surface area contributed by atoms with Crippen molar-refractivity contribution >= 4 is 79.2 Å². The minimum atomic E-state index is -1.16. The van der Waals surface area contributed by atoms with Crippen LogP contribution in [-0.4, -0.2) is 156 Å². The molecule has 0 radical (unpaired) electrons. The van der Waals surface area contributed by atoms with Crippen molar-refractivity contribution in [2.45, 2.75) is 149 Å². The predicted molar refractivity (Wildman–Crippen MR) is 264 cm³/mol. The number of carbonyl (C=O) groups is 8. The maximum absolute atomic E-state index is 14.6. The van der Waals surface area contributed by atoms with Gasteiger partial charge in [-0.25, -0.2) is 4.79 Å². The summed E-state index contributed by atoms with van der Waals surface area (Å²) in [4.78, 5) is 113. The Morgan fingerprint density at radius 2 is 1.46 bits per heavy atom. The van der Waals surface area contributed by atoms with E-state index in [1.54, 1.807) is 55.1 Å². The third-order valence-electron chi connectivity index (χ3n) is 13.4. The fourth-order valence-electron chi connectivity index (χ4n) is 9.33. The largest absolute Gasteiger partial charge is 0.480 e. The number of imide groups is 1. The number of carboxylic acids is 1. The van der Waals surface area contributed by atoms with Crippen molar-refractivity contribution in [1.82, 2.24) is 30.2 Å². The Labute approximate surface area is 419 Å². The third kappa shape index (κ3) is 14.9. The lowest BCUT2D eigenvalue weighted by Gasteiger charge is -2.41. The highest BCUT2D eigenvalue weighted by atomic mass is 79.9. The zero-order valence-electron chi connectivity index (χ0n) is 41.6. The minimum Gasteiger partial charge on any atom is -0.480 e. The lowest BCUT2D eigenvalue weighted by atomic mass is 9.89. The standard InChI is InChI=1S/C49H74Br2N6O11/c1-12-30(6)42(35(67-10)27-37(59)56-25-19-22-34(56)43(68-11)31(7)44(60)52-33(49(65)66)26-32-20-15-13-16-21-32)55(9)48(64)40(28(2)3)53-45(61)41(29(4)5)54(8)36(58)23-17-14-18-24-57-46(62)38(50)39(51)47(57)63/h13,15-16,20-21,28-31,33-35,40-43H,12,14,17-19,22-27H2,1-11H3,(H,52,60)(H,53,61)(H,65,66). The van der Waals surface area contributed by atoms with Crippen LogP contribution in [0.3, 0.4) is 0 Å². The number of likely N-dealkylation sites (N-methyl/N-ethyl adjacent to an activating group) is 2. The van der Waals surface area contributed by atoms with Gasteiger partial charge in [0.15, 0.2) is 0 Å². The lowest BCUT2D eigenvalue weighted by Crippen LogP contribution is -2.60. The monoisotopic (exact) mass is 1080 g/mol. The number of methoxy groups -OCH3 is 2. The fraction of sp³-hybridized carbons (Fsp3) is 0.673. The summed E-state index contributed by atoms with van der Waals surface area (Å²) >= 11 is 6.25. The van der Waals surface area contributed by atoms with Gasteiger partial charge in [-0.2, -0.15) is 0 Å². The Hall–Kier alpha value is -4.20. The van der Waals surface area contributed by atoms with Crippen LogP contribution in [0.5, 0.6) is 0 Å². The van der Waals surface area contributed by atoms with E-state index in [4.69, 9.17) is 9.47 Å². The number of hydrogen-bond acceptors (Lipinski definition) is 10. The van der Waals surface area contributed by atoms with Gasteiger partial charge in [0.25, 0.3) is 11.8 Å². The summed E-state index contributed by atoms with van der Waals surface area (Å²) in [5, 5.41) is 15.6. The molecule has 0 aliphatic carbocycles. The summed E-state index contributed by atoms with van der Waals surface area (Å²) in [5.74, 6) is -5.44. The molecule has 19 heteroatoms. The number of carbonyl (C=O) groups excluding carboxylic acids is 7. The van der Waals surface area contributed by atoms with Crippen molar-refractivity contribution in [2.75, 3.05) is 41.4 Å². The highest BCUT2D eigenvalue weighted by molar-refractivity contribution is 9.14. The van der Waals surface area contributed by atoms with E-state index in [1.165, 1.54) is 19.1 Å². The highest BCUT2D eigenvalue weighted by Gasteiger charge is 2.44. The van der Waals surface area contributed by atoms with Crippen LogP contribution in [0.25, 0.3) is 0 Å². The number of likely N-dealkylation sites (tertiary alicyclic amines) is 1. The molecule has 1 aromatic rings. The Bertz CT molecular complexity index is 1940. The van der Waals surface area contributed by atoms with Crippen LogP contribution in [0, 0.1) is 23.7 Å². The van der Waals surface area contributed by atoms with Crippen LogP contribution in [0.4, 0.5) is 0 Å². The molecular formula is C49H74Br2N6O11. The number of amides is 7. The number of hydrogen-bond donors (Lipinski definition) is 3. The summed E-state index contributed by atoms with van der Waals surface area (Å²) in [6, 6.07) is 4.93. The first-order valence-corrected chi connectivity index (χ1v) is 25.3. The van der Waals surface area contributed by atoms with Crippen LogP contribution >= 0.6 is 31.9 Å². The quantitative estimate of drug-likeness (QED) is 0.0763. The van der Waals surface area contributed by atoms with Crippen LogP contribution < -0.4 is 10.6 Å². The average Bonchev–Trinajstić information content (AvgIpc) is 3.86. The van der Waals surface area contributed by atoms with Crippen LogP contribution in [-0.2, 0) is 54.3 Å². The molecule has 1 saturated heterocycles. The Morgan fingerprint density at radius 3 is 1.99 bits per heavy atom. The molecule has 3 rings (SSSR count). The number of rotatable bonds is 27. The van der Waals surface area contributed by atoms with E-state index in [9.17, 15) is 43.5 Å². The van der Waals surface area contributed by atoms with Crippen molar-refractivity contribution in [3.63, 3.8) is 0 Å². The van der Waals surface area contributed by atoms with Crippen molar-refractivity contribution in [2.24, 2.45) is 23.7 Å². The summed E-state index contributed by atoms with van der Waals surface area (Å²) in [7, 11) is 6.20. The second-order valence-electron chi connectivity index (χ2n) is 18.8. The van der Waals surface area contributed by atoms with E-state index in [2.05, 4.69) is 42.5 Å². The van der Waals surface area contributed by atoms with Gasteiger partial charge < -0.3 is 39.9 Å². The molecule has 2 aliphatic rings. The molecule has 1 aromatic carbocycles. The topological polar surface area (TPSA) is 212 Å². The SMILES string of the molecule is CCC(C)C(C(CC(=O)N1CCCC1C(OC)C(C)C(=O)NC(Cc1ccccc1)C(=O)O)OC)N(C)C(=O)C(NC(=O)C(C(C)C)N(C)C(=O)CCCCCN1C(=O)C(Br)=C(Br)C1=O)C(C)C. The molecule has 9 atom stereocenters. The Kier molecular flexibility index (Phi) is 23.3. The number of unbranched alkanes of at least 4 members (excludes halogenated alkanes) is 2. The second-order valence-corrected chi connectivity index (χ2v) is 20.4. The van der Waals surface area contributed by atoms with Crippen molar-refractivity contribution in [1.29, 1.82) is 0 Å². The summed E-state index contributed by atoms with van der Waals surface area (Å²) < 4.78 is 12.3. The van der Waals surface area contributed by atoms with Gasteiger partial charge in [-0.05, 0) is 80.9 Å². The third-order valence-corrected chi connectivity index (χ3v) is 15.4. The minimum absolute atomic E-state index is 0.0862. The molecule has 380 valence electrons. The van der Waals surface area contributed by atoms with E-state index in [0.717, 1.165) is 10.5 Å². The summed E-state index contributed by atoms with van der Waals surface area (Å²) in [6.45, 7) is 13.6. The first-order chi connectivity index (χ1) is 32.0. The number of nitrogens with one attached hydrogen (secondary N) is 2. The maximum atomic E-state index is 14.6. The van der Waals surface area contributed by atoms with Crippen LogP contribution in [0.15, 0.2) is 39.3 Å². The number of carboxylic acid groups (broad SMARTS) is 1. The second kappa shape index (κ2) is 27.3. The molecule has 3 N–H and O–H groups in total. The molecule has 0 spiro atoms. The molecule has 0 aromatic heterocycles. The van der Waals surface area contributed by atoms with Crippen LogP contribution in [0.1, 0.15) is 105 Å². The highest BCUT2D eigenvalue weighted by Crippen LogP contribution is 2.31. The smallest absolute Gasteiger partial charge is 0.326 e. The van der Waals surface area contributed by atoms with Gasteiger partial charge in [0.05, 0.1) is 36.6 Å². The first kappa shape index (κ1) is 58.1. The normalized spacial score (nSPS) is 18.8. The predicted octanol–water partition coefficient (Wildman–Crippen LogP) is 5.27. The molecule has 68 heavy (non-hydrogen) atoms. The number of benzene rings is 1. The zero-order chi connectivity index (χ0) is 51.2. The van der Waals surface area contributed by atoms with Crippen LogP contribution in [0.2, 0.25) is 0 Å². The molecular weight excluding hydrogens is 1010 g/mol. The van der Waals surface area contributed by atoms with Gasteiger partial charge in [-0.15, -0.1) is 0 Å². The lowest BCUT2D eigenvalue weighted by molar-refractivity contribution is -0.149. The fourth-order valence-corrected chi connectivity index (χ4v) is 10.1. The van der Waals surface area contributed by atoms with E-state index >= 15 is 0 Å². The molecule has 1 fully saturated rings. The first-order valence-electron chi connectivity index (χ1n) is 23.7. The van der Waals surface area contributed by atoms with E-state index in [1.807, 2.05) is 47.6 Å². The van der Waals surface area contributed by atoms with Gasteiger partial charge in [0.1, 0.15) is 27.1 Å². The summed E-state index contributed by atoms with van der Waals surface area (Å²) in [6.07, 6.45) is 2.09. The average molecular weight is 1080 g/mol. The van der Waals surface area contributed by atoms with Crippen molar-refractivity contribution in [3.05, 3.63) is 44.9 Å². The Balaban J connectivity index is 1.70. The molecule has 9 unspecified atom stereocenters. The molecule has 0 saturated carbocycles. The number of ether oxygens (including phenoxy) is 2. The van der Waals surface area contributed by atoms with E-state index in [0.29, 0.717) is 45.1 Å². The molecule has 7 amide bonds. The van der Waals surface area contributed by atoms with Crippen molar-refractivity contribution < 1.29 is 52.9 Å². The van der Waals surface area contributed by atoms with Gasteiger partial charge in [-0.1, -0.05) is 91.6 Å². The van der Waals surface area contributed by atoms with Crippen molar-refractivity contribution in [3.8, 4) is 0 Å². The van der Waals surface area contributed by atoms with E-state index in [-0.39, 0.29) is 70.2 Å². The Morgan fingerprint density at radius 1 is 0.838 bits per heavy atom. The number of nitrogens with zero attached hydrogens (tertiary/aromatic N) is 4. The maximum Gasteiger partial charge on any atom is 0.326 e. The molecule has 0 bridgehead atoms. The zero-order valence-corrected chi connectivity index (χ0v) is 44.8. The summed E-state index contributed by atoms with van der Waals surface area (Å²) in [5.41, 5.74) is 0.761.